The summed E-state index contributed by atoms with van der Waals surface area (Å²) in [6.07, 6.45) is -4.88. The van der Waals surface area contributed by atoms with Crippen LogP contribution in [0.25, 0.3) is 0 Å². The number of hydrogen-bond acceptors (Lipinski definition) is 24. The Labute approximate surface area is 687 Å². The number of hydrogen-bond donors (Lipinski definition) is 25. The number of guanidine groups is 1. The molecule has 30 N–H and O–H groups in total. The quantitative estimate of drug-likeness (QED) is 0.0166. The van der Waals surface area contributed by atoms with Gasteiger partial charge < -0.3 is 134 Å². The Morgan fingerprint density at radius 3 is 1.29 bits per heavy atom. The number of nitrogens with two attached hydrogens (primary N) is 5. The van der Waals surface area contributed by atoms with E-state index in [2.05, 4.69) is 89.4 Å². The number of rotatable bonds is 55. The zero-order chi connectivity index (χ0) is 90.2. The molecule has 0 bridgehead atoms. The van der Waals surface area contributed by atoms with Gasteiger partial charge in [0.15, 0.2) is 5.96 Å². The van der Waals surface area contributed by atoms with Crippen LogP contribution in [0.5, 0.6) is 0 Å². The molecule has 0 radical (unpaired) electrons. The number of benzene rings is 1. The fraction of sp³-hybridized carbons (Fsp3) is 0.622. The van der Waals surface area contributed by atoms with Crippen LogP contribution in [0.1, 0.15) is 152 Å². The van der Waals surface area contributed by atoms with E-state index < -0.39 is 254 Å². The van der Waals surface area contributed by atoms with Crippen LogP contribution in [-0.4, -0.2) is 264 Å². The SMILES string of the molecule is CC(C)C[C@H](NC(=O)[C@H](CC(C)C)NC(=O)[C@H](Cc1cnc[nH]1)NC(=O)[C@H](CCC(N)=O)NC(=O)[C@H](CC(C)C)NC(=O)[C@@H](NC(=O)CNC(=O)[C@H](CCC(=O)O)NC(=O)[C@@H](NC(=O)[C@H](CO)NC(=O)[C@H](CC(N)=O)NC(=O)[C@H](Cc1ccccc1)NC(=O)[C@@H](NC(=O)[C@H](C)N)[C@@H](C)O)[C@@H](C)O)C(C)C)C(=O)N[C@@H](CCCN=C(N)N)C(=O)O. The molecule has 1 aromatic carbocycles. The lowest BCUT2D eigenvalue weighted by molar-refractivity contribution is -0.142. The maximum Gasteiger partial charge on any atom is 0.326 e. The van der Waals surface area contributed by atoms with Crippen molar-refractivity contribution < 1.29 is 112 Å². The van der Waals surface area contributed by atoms with E-state index in [1.54, 1.807) is 71.9 Å². The van der Waals surface area contributed by atoms with Crippen molar-refractivity contribution in [2.24, 2.45) is 57.3 Å². The summed E-state index contributed by atoms with van der Waals surface area (Å²) in [6, 6.07) is -14.7. The first-order valence-electron chi connectivity index (χ1n) is 38.7. The molecular weight excluding hydrogens is 1560 g/mol. The number of nitrogens with one attached hydrogen (secondary N) is 15. The minimum Gasteiger partial charge on any atom is -0.481 e. The lowest BCUT2D eigenvalue weighted by Gasteiger charge is -2.29. The normalized spacial score (nSPS) is 15.3. The standard InChI is InChI=1S/C74H120N22O23/c1-34(2)24-46(64(109)86-45(73(118)119)18-15-23-81-74(78)79)87-65(110)47(25-35(3)4)88-67(112)50(28-42-30-80-33-83-42)89-62(107)44(19-21-53(76)100)84-63(108)48(26-36(5)6)91-70(115)57(37(7)8)94-55(102)31-82-61(106)43(20-22-56(103)104)85-71(116)59(40(11)99)96-69(114)52(32-97)93-68(113)51(29-54(77)101)90-66(111)49(27-41-16-13-12-14-17-41)92-72(117)58(39(10)98)95-60(105)38(9)75/h12-14,16-17,30,33-40,43-52,57-59,97-99H,15,18-29,31-32,75H2,1-11H3,(H2,76,100)(H2,77,101)(H,80,83)(H,82,106)(H,84,108)(H,85,116)(H,86,109)(H,87,110)(H,88,112)(H,89,107)(H,90,111)(H,91,115)(H,92,117)(H,93,113)(H,94,102)(H,95,105)(H,96,114)(H,103,104)(H,118,119)(H4,78,79,81)/t38-,39+,40+,43-,44-,45-,46-,47-,48-,49-,50-,51-,52-,57-,58-,59-/m0/s1. The van der Waals surface area contributed by atoms with E-state index in [1.165, 1.54) is 40.2 Å². The molecule has 16 amide bonds. The van der Waals surface area contributed by atoms with Crippen molar-refractivity contribution in [1.82, 2.24) is 84.4 Å². The summed E-state index contributed by atoms with van der Waals surface area (Å²) in [7, 11) is 0. The number of carbonyl (C=O) groups is 18. The number of carboxylic acid groups (broad SMARTS) is 2. The van der Waals surface area contributed by atoms with Crippen molar-refractivity contribution >= 4 is 112 Å². The Morgan fingerprint density at radius 1 is 0.437 bits per heavy atom. The highest BCUT2D eigenvalue weighted by Crippen LogP contribution is 2.16. The van der Waals surface area contributed by atoms with Crippen molar-refractivity contribution in [1.29, 1.82) is 0 Å². The van der Waals surface area contributed by atoms with Gasteiger partial charge in [-0.3, -0.25) is 86.5 Å². The zero-order valence-corrected chi connectivity index (χ0v) is 68.6. The summed E-state index contributed by atoms with van der Waals surface area (Å²) in [5.74, 6) is -22.0. The first-order chi connectivity index (χ1) is 55.6. The molecule has 45 heteroatoms. The molecule has 45 nitrogen and oxygen atoms in total. The van der Waals surface area contributed by atoms with Gasteiger partial charge >= 0.3 is 11.9 Å². The van der Waals surface area contributed by atoms with Gasteiger partial charge in [0.1, 0.15) is 78.5 Å². The lowest BCUT2D eigenvalue weighted by atomic mass is 9.99. The van der Waals surface area contributed by atoms with Crippen molar-refractivity contribution in [3.63, 3.8) is 0 Å². The summed E-state index contributed by atoms with van der Waals surface area (Å²) in [5.41, 5.74) is 28.1. The summed E-state index contributed by atoms with van der Waals surface area (Å²) in [4.78, 5) is 254. The van der Waals surface area contributed by atoms with E-state index in [4.69, 9.17) is 28.7 Å². The minimum atomic E-state index is -2.08. The molecule has 0 saturated carbocycles. The van der Waals surface area contributed by atoms with Crippen LogP contribution in [-0.2, 0) is 99.1 Å². The Balaban J connectivity index is 2.40. The minimum absolute atomic E-state index is 0.0248. The molecule has 1 aromatic heterocycles. The molecule has 0 aliphatic heterocycles. The van der Waals surface area contributed by atoms with Crippen LogP contribution in [0.2, 0.25) is 0 Å². The van der Waals surface area contributed by atoms with Crippen LogP contribution in [0, 0.1) is 23.7 Å². The lowest BCUT2D eigenvalue weighted by Crippen LogP contribution is -2.62. The Bertz CT molecular complexity index is 3800. The van der Waals surface area contributed by atoms with Gasteiger partial charge in [-0.2, -0.15) is 0 Å². The van der Waals surface area contributed by atoms with Gasteiger partial charge in [-0.05, 0) is 95.0 Å². The highest BCUT2D eigenvalue weighted by atomic mass is 16.4. The van der Waals surface area contributed by atoms with Crippen LogP contribution in [0.15, 0.2) is 47.8 Å². The highest BCUT2D eigenvalue weighted by Gasteiger charge is 2.40. The van der Waals surface area contributed by atoms with Crippen molar-refractivity contribution in [3.05, 3.63) is 54.1 Å². The van der Waals surface area contributed by atoms with Gasteiger partial charge in [0.05, 0.1) is 44.1 Å². The fourth-order valence-electron chi connectivity index (χ4n) is 11.5. The molecule has 2 aromatic rings. The molecule has 0 saturated heterocycles. The van der Waals surface area contributed by atoms with Gasteiger partial charge in [0, 0.05) is 44.1 Å². The number of carbonyl (C=O) groups excluding carboxylic acids is 16. The Hall–Kier alpha value is -12.0. The molecule has 664 valence electrons. The number of aromatic nitrogens is 2. The van der Waals surface area contributed by atoms with Crippen LogP contribution in [0.3, 0.4) is 0 Å². The van der Waals surface area contributed by atoms with Crippen molar-refractivity contribution in [2.75, 3.05) is 19.7 Å². The number of nitrogens with zero attached hydrogens (tertiary/aromatic N) is 2. The third kappa shape index (κ3) is 39.2. The predicted octanol–water partition coefficient (Wildman–Crippen LogP) is -8.35. The molecule has 0 unspecified atom stereocenters. The average Bonchev–Trinajstić information content (AvgIpc) is 1.12. The Kier molecular flexibility index (Phi) is 45.0. The number of aromatic amines is 1. The van der Waals surface area contributed by atoms with Gasteiger partial charge in [-0.25, -0.2) is 9.78 Å². The van der Waals surface area contributed by atoms with Crippen LogP contribution >= 0.6 is 0 Å². The summed E-state index contributed by atoms with van der Waals surface area (Å²) < 4.78 is 0. The van der Waals surface area contributed by atoms with Gasteiger partial charge in [0.2, 0.25) is 94.5 Å². The van der Waals surface area contributed by atoms with E-state index >= 15 is 0 Å². The topological polar surface area (TPSA) is 748 Å². The third-order valence-corrected chi connectivity index (χ3v) is 17.8. The number of aliphatic hydroxyl groups excluding tert-OH is 3. The third-order valence-electron chi connectivity index (χ3n) is 17.8. The Morgan fingerprint density at radius 2 is 0.840 bits per heavy atom. The van der Waals surface area contributed by atoms with E-state index in [9.17, 15) is 112 Å². The largest absolute Gasteiger partial charge is 0.481 e. The van der Waals surface area contributed by atoms with Crippen LogP contribution in [0.4, 0.5) is 0 Å². The molecule has 0 spiro atoms. The smallest absolute Gasteiger partial charge is 0.326 e. The maximum absolute atomic E-state index is 14.5. The number of H-pyrrole nitrogens is 1. The molecule has 0 fully saturated rings. The van der Waals surface area contributed by atoms with E-state index in [-0.39, 0.29) is 75.2 Å². The van der Waals surface area contributed by atoms with Crippen LogP contribution < -0.4 is 103 Å². The van der Waals surface area contributed by atoms with Crippen molar-refractivity contribution in [2.45, 2.75) is 250 Å². The number of amides is 16. The zero-order valence-electron chi connectivity index (χ0n) is 68.6. The van der Waals surface area contributed by atoms with Crippen molar-refractivity contribution in [3.8, 4) is 0 Å². The molecule has 1 heterocycles. The predicted molar refractivity (Wildman–Crippen MR) is 425 cm³/mol. The number of aliphatic imine (C=N–C) groups is 1. The average molecular weight is 1690 g/mol. The molecule has 0 aliphatic rings. The number of carboxylic acids is 2. The highest BCUT2D eigenvalue weighted by molar-refractivity contribution is 6.01. The van der Waals surface area contributed by atoms with Gasteiger partial charge in [-0.1, -0.05) is 85.7 Å². The van der Waals surface area contributed by atoms with E-state index in [1.807, 2.05) is 0 Å². The number of primary amides is 2. The van der Waals surface area contributed by atoms with Gasteiger partial charge in [-0.15, -0.1) is 0 Å². The molecule has 2 rings (SSSR count). The summed E-state index contributed by atoms with van der Waals surface area (Å²) in [5, 5.41) is 84.4. The first-order valence-corrected chi connectivity index (χ1v) is 38.7. The second-order valence-electron chi connectivity index (χ2n) is 30.3. The maximum atomic E-state index is 14.5. The second-order valence-corrected chi connectivity index (χ2v) is 30.3. The fourth-order valence-corrected chi connectivity index (χ4v) is 11.5. The molecule has 119 heavy (non-hydrogen) atoms. The number of aliphatic hydroxyl groups is 3. The summed E-state index contributed by atoms with van der Waals surface area (Å²) in [6.45, 7) is 14.6. The molecule has 16 atom stereocenters. The van der Waals surface area contributed by atoms with Gasteiger partial charge in [0.25, 0.3) is 0 Å². The first kappa shape index (κ1) is 103. The van der Waals surface area contributed by atoms with E-state index in [0.29, 0.717) is 11.3 Å². The number of imidazole rings is 1. The molecular formula is C74H120N22O23. The second kappa shape index (κ2) is 51.9. The molecule has 0 aliphatic carbocycles. The monoisotopic (exact) mass is 1680 g/mol. The van der Waals surface area contributed by atoms with E-state index in [0.717, 1.165) is 6.92 Å². The number of aliphatic carboxylic acids is 2. The summed E-state index contributed by atoms with van der Waals surface area (Å²) >= 11 is 0.